The molecule has 3 nitrogen and oxygen atoms in total. The second kappa shape index (κ2) is 6.63. The first-order valence-corrected chi connectivity index (χ1v) is 8.95. The maximum atomic E-state index is 8.61. The van der Waals surface area contributed by atoms with Crippen LogP contribution < -0.4 is 10.1 Å². The number of anilines is 1. The number of nitrogens with zero attached hydrogens (tertiary/aromatic N) is 1. The lowest BCUT2D eigenvalue weighted by Gasteiger charge is -2.38. The van der Waals surface area contributed by atoms with Gasteiger partial charge in [-0.15, -0.1) is 0 Å². The summed E-state index contributed by atoms with van der Waals surface area (Å²) in [4.78, 5) is 0. The molecule has 0 spiro atoms. The van der Waals surface area contributed by atoms with Crippen LogP contribution in [-0.2, 0) is 0 Å². The fraction of sp³-hybridized carbons (Fsp3) is 0.250. The zero-order valence-electron chi connectivity index (χ0n) is 13.4. The third-order valence-corrected chi connectivity index (χ3v) is 5.60. The maximum Gasteiger partial charge on any atom is 0.174 e. The summed E-state index contributed by atoms with van der Waals surface area (Å²) in [6.07, 6.45) is 5.46. The number of hydrogen-bond donors (Lipinski definition) is 1. The lowest BCUT2D eigenvalue weighted by atomic mass is 9.77. The molecule has 4 rings (SSSR count). The molecule has 1 heterocycles. The van der Waals surface area contributed by atoms with Crippen molar-refractivity contribution in [1.82, 2.24) is 0 Å². The molecule has 2 aromatic carbocycles. The molecule has 1 aliphatic heterocycles. The van der Waals surface area contributed by atoms with E-state index in [1.165, 1.54) is 5.56 Å². The summed E-state index contributed by atoms with van der Waals surface area (Å²) in [7, 11) is 0. The summed E-state index contributed by atoms with van der Waals surface area (Å²) >= 11 is 12.9. The second-order valence-electron chi connectivity index (χ2n) is 6.31. The Morgan fingerprint density at radius 2 is 1.88 bits per heavy atom. The van der Waals surface area contributed by atoms with Gasteiger partial charge in [0.15, 0.2) is 6.61 Å². The van der Waals surface area contributed by atoms with E-state index in [0.29, 0.717) is 16.7 Å². The van der Waals surface area contributed by atoms with Gasteiger partial charge >= 0.3 is 0 Å². The van der Waals surface area contributed by atoms with Crippen LogP contribution >= 0.6 is 23.2 Å². The van der Waals surface area contributed by atoms with Crippen LogP contribution in [-0.4, -0.2) is 6.61 Å². The first kappa shape index (κ1) is 16.3. The number of fused-ring (bicyclic) bond motifs is 3. The first-order chi connectivity index (χ1) is 12.2. The van der Waals surface area contributed by atoms with Crippen molar-refractivity contribution in [3.8, 4) is 11.8 Å². The van der Waals surface area contributed by atoms with Crippen LogP contribution in [0.25, 0.3) is 0 Å². The molecule has 0 saturated heterocycles. The van der Waals surface area contributed by atoms with Crippen molar-refractivity contribution in [2.75, 3.05) is 11.9 Å². The molecular weight excluding hydrogens is 355 g/mol. The molecule has 0 unspecified atom stereocenters. The Balaban J connectivity index is 1.70. The molecule has 0 saturated carbocycles. The molecule has 5 heteroatoms. The van der Waals surface area contributed by atoms with E-state index in [1.54, 1.807) is 0 Å². The minimum absolute atomic E-state index is 0.0527. The van der Waals surface area contributed by atoms with E-state index in [9.17, 15) is 0 Å². The third-order valence-electron chi connectivity index (χ3n) is 4.96. The molecule has 0 fully saturated rings. The highest BCUT2D eigenvalue weighted by Gasteiger charge is 2.39. The van der Waals surface area contributed by atoms with Gasteiger partial charge in [0.2, 0.25) is 0 Å². The molecule has 2 aromatic rings. The van der Waals surface area contributed by atoms with Gasteiger partial charge in [0.25, 0.3) is 0 Å². The van der Waals surface area contributed by atoms with E-state index < -0.39 is 0 Å². The van der Waals surface area contributed by atoms with Gasteiger partial charge in [-0.25, -0.2) is 0 Å². The van der Waals surface area contributed by atoms with E-state index in [2.05, 4.69) is 17.5 Å². The molecular formula is C20H16Cl2N2O. The number of allylic oxidation sites excluding steroid dienone is 2. The Morgan fingerprint density at radius 1 is 1.12 bits per heavy atom. The van der Waals surface area contributed by atoms with Gasteiger partial charge in [-0.3, -0.25) is 0 Å². The van der Waals surface area contributed by atoms with Crippen LogP contribution in [0, 0.1) is 17.2 Å². The van der Waals surface area contributed by atoms with Crippen molar-refractivity contribution < 1.29 is 4.74 Å². The molecule has 2 aliphatic rings. The Bertz CT molecular complexity index is 871. The van der Waals surface area contributed by atoms with E-state index in [-0.39, 0.29) is 18.6 Å². The first-order valence-electron chi connectivity index (χ1n) is 8.20. The quantitative estimate of drug-likeness (QED) is 0.702. The van der Waals surface area contributed by atoms with E-state index in [1.807, 2.05) is 42.5 Å². The predicted octanol–water partition coefficient (Wildman–Crippen LogP) is 5.72. The molecule has 0 aromatic heterocycles. The summed E-state index contributed by atoms with van der Waals surface area (Å²) < 4.78 is 5.34. The van der Waals surface area contributed by atoms with Crippen molar-refractivity contribution in [1.29, 1.82) is 5.26 Å². The number of halogens is 2. The molecule has 1 N–H and O–H groups in total. The molecule has 126 valence electrons. The average Bonchev–Trinajstić information content (AvgIpc) is 3.12. The zero-order valence-corrected chi connectivity index (χ0v) is 14.9. The van der Waals surface area contributed by atoms with Crippen molar-refractivity contribution in [2.45, 2.75) is 18.4 Å². The average molecular weight is 371 g/mol. The molecule has 1 aliphatic carbocycles. The summed E-state index contributed by atoms with van der Waals surface area (Å²) in [6.45, 7) is 0.0527. The largest absolute Gasteiger partial charge is 0.479 e. The van der Waals surface area contributed by atoms with Gasteiger partial charge < -0.3 is 10.1 Å². The summed E-state index contributed by atoms with van der Waals surface area (Å²) in [5, 5.41) is 13.7. The van der Waals surface area contributed by atoms with Crippen molar-refractivity contribution in [3.63, 3.8) is 0 Å². The van der Waals surface area contributed by atoms with E-state index in [4.69, 9.17) is 33.2 Å². The maximum absolute atomic E-state index is 8.61. The number of rotatable bonds is 3. The van der Waals surface area contributed by atoms with Gasteiger partial charge in [0.05, 0.1) is 16.8 Å². The number of benzene rings is 2. The van der Waals surface area contributed by atoms with Gasteiger partial charge in [-0.05, 0) is 42.2 Å². The fourth-order valence-corrected chi connectivity index (χ4v) is 4.35. The molecule has 0 amide bonds. The standard InChI is InChI=1S/C20H16Cl2N2O/c21-16-8-9-17(22)20-18(16)14-2-1-3-15(14)19(24-20)12-4-6-13(7-5-12)25-11-10-23/h1-2,4-9,14-15,19,24H,3,11H2/t14-,15+,19-/m0/s1. The van der Waals surface area contributed by atoms with E-state index in [0.717, 1.165) is 22.7 Å². The molecule has 3 atom stereocenters. The SMILES string of the molecule is N#CCOc1ccc([C@@H]2Nc3c(Cl)ccc(Cl)c3[C@H]3C=CC[C@H]32)cc1. The monoisotopic (exact) mass is 370 g/mol. The van der Waals surface area contributed by atoms with Crippen LogP contribution in [0.2, 0.25) is 10.0 Å². The van der Waals surface area contributed by atoms with Crippen LogP contribution in [0.1, 0.15) is 29.5 Å². The Kier molecular flexibility index (Phi) is 4.33. The van der Waals surface area contributed by atoms with Crippen LogP contribution in [0.5, 0.6) is 5.75 Å². The zero-order chi connectivity index (χ0) is 17.4. The molecule has 25 heavy (non-hydrogen) atoms. The van der Waals surface area contributed by atoms with Crippen molar-refractivity contribution in [2.24, 2.45) is 5.92 Å². The van der Waals surface area contributed by atoms with Gasteiger partial charge in [-0.2, -0.15) is 5.26 Å². The fourth-order valence-electron chi connectivity index (χ4n) is 3.85. The Hall–Kier alpha value is -2.15. The smallest absolute Gasteiger partial charge is 0.174 e. The summed E-state index contributed by atoms with van der Waals surface area (Å²) in [5.74, 6) is 1.36. The van der Waals surface area contributed by atoms with Crippen LogP contribution in [0.3, 0.4) is 0 Å². The van der Waals surface area contributed by atoms with Crippen molar-refractivity contribution >= 4 is 28.9 Å². The number of nitrogens with one attached hydrogen (secondary N) is 1. The van der Waals surface area contributed by atoms with Crippen molar-refractivity contribution in [3.05, 3.63) is 69.7 Å². The Labute approximate surface area is 156 Å². The minimum atomic E-state index is 0.0527. The normalized spacial score (nSPS) is 23.3. The van der Waals surface area contributed by atoms with Gasteiger partial charge in [0, 0.05) is 16.5 Å². The lowest BCUT2D eigenvalue weighted by Crippen LogP contribution is -2.29. The molecule has 0 bridgehead atoms. The third kappa shape index (κ3) is 2.86. The van der Waals surface area contributed by atoms with Gasteiger partial charge in [0.1, 0.15) is 11.8 Å². The highest BCUT2D eigenvalue weighted by Crippen LogP contribution is 2.53. The van der Waals surface area contributed by atoms with Gasteiger partial charge in [-0.1, -0.05) is 47.5 Å². The number of ether oxygens (including phenoxy) is 1. The van der Waals surface area contributed by atoms with Crippen LogP contribution in [0.4, 0.5) is 5.69 Å². The number of nitriles is 1. The highest BCUT2D eigenvalue weighted by atomic mass is 35.5. The topological polar surface area (TPSA) is 45.0 Å². The minimum Gasteiger partial charge on any atom is -0.479 e. The Morgan fingerprint density at radius 3 is 2.64 bits per heavy atom. The summed E-state index contributed by atoms with van der Waals surface area (Å²) in [5.41, 5.74) is 3.19. The lowest BCUT2D eigenvalue weighted by molar-refractivity contribution is 0.367. The number of hydrogen-bond acceptors (Lipinski definition) is 3. The van der Waals surface area contributed by atoms with E-state index >= 15 is 0 Å². The van der Waals surface area contributed by atoms with Crippen LogP contribution in [0.15, 0.2) is 48.6 Å². The molecule has 0 radical (unpaired) electrons. The highest BCUT2D eigenvalue weighted by molar-refractivity contribution is 6.36. The predicted molar refractivity (Wildman–Crippen MR) is 100 cm³/mol. The summed E-state index contributed by atoms with van der Waals surface area (Å²) in [6, 6.07) is 13.7. The second-order valence-corrected chi connectivity index (χ2v) is 7.12.